The highest BCUT2D eigenvalue weighted by atomic mass is 32.1. The van der Waals surface area contributed by atoms with Crippen LogP contribution in [0.4, 0.5) is 0 Å². The van der Waals surface area contributed by atoms with E-state index in [1.807, 2.05) is 26.0 Å². The summed E-state index contributed by atoms with van der Waals surface area (Å²) < 4.78 is 12.0. The van der Waals surface area contributed by atoms with E-state index in [1.165, 1.54) is 5.57 Å². The van der Waals surface area contributed by atoms with Crippen LogP contribution in [-0.2, 0) is 20.7 Å². The number of hydrogen-bond acceptors (Lipinski definition) is 7. The molecule has 1 aromatic rings. The number of carboxylic acids is 1. The molecule has 228 valence electrons. The number of Topliss-reactive ketones (excluding diaryl/α,β-unsaturated/α-hetero) is 1. The maximum Gasteiger partial charge on any atom is 0.358 e. The van der Waals surface area contributed by atoms with Crippen molar-refractivity contribution in [2.45, 2.75) is 85.2 Å². The van der Waals surface area contributed by atoms with E-state index in [-0.39, 0.29) is 52.6 Å². The largest absolute Gasteiger partial charge is 0.507 e. The number of aryl methyl sites for hydroxylation is 1. The average Bonchev–Trinajstić information content (AvgIpc) is 3.15. The van der Waals surface area contributed by atoms with Crippen molar-refractivity contribution < 1.29 is 34.4 Å². The number of carbonyl (C=O) groups excluding carboxylic acids is 1. The molecule has 1 unspecified atom stereocenters. The van der Waals surface area contributed by atoms with Crippen LogP contribution in [0.3, 0.4) is 0 Å². The minimum atomic E-state index is -1.16. The summed E-state index contributed by atoms with van der Waals surface area (Å²) in [6.45, 7) is 13.7. The lowest BCUT2D eigenvalue weighted by molar-refractivity contribution is -0.151. The number of aliphatic hydroxyl groups excluding tert-OH is 1. The van der Waals surface area contributed by atoms with Crippen LogP contribution >= 0.6 is 12.2 Å². The van der Waals surface area contributed by atoms with Crippen molar-refractivity contribution in [3.8, 4) is 11.5 Å². The number of allylic oxidation sites excluding steroid dienone is 3. The molecule has 7 atom stereocenters. The fourth-order valence-corrected chi connectivity index (χ4v) is 7.45. The lowest BCUT2D eigenvalue weighted by Gasteiger charge is -2.43. The number of carbonyl (C=O) groups is 2. The zero-order valence-electron chi connectivity index (χ0n) is 25.3. The van der Waals surface area contributed by atoms with Crippen molar-refractivity contribution in [1.29, 1.82) is 0 Å². The fraction of sp³-hybridized carbons (Fsp3) is 0.559. The molecule has 8 heteroatoms. The Labute approximate surface area is 254 Å². The second-order valence-electron chi connectivity index (χ2n) is 12.4. The summed E-state index contributed by atoms with van der Waals surface area (Å²) in [5.41, 5.74) is 4.37. The van der Waals surface area contributed by atoms with Gasteiger partial charge in [-0.25, -0.2) is 4.79 Å². The molecule has 0 heterocycles. The quantitative estimate of drug-likeness (QED) is 0.148. The molecule has 7 nitrogen and oxygen atoms in total. The molecule has 0 radical (unpaired) electrons. The van der Waals surface area contributed by atoms with Crippen LogP contribution in [0, 0.1) is 29.6 Å². The number of ketones is 1. The van der Waals surface area contributed by atoms with Crippen molar-refractivity contribution >= 4 is 29.2 Å². The molecule has 1 saturated carbocycles. The van der Waals surface area contributed by atoms with Gasteiger partial charge in [-0.2, -0.15) is 0 Å². The third-order valence-corrected chi connectivity index (χ3v) is 9.67. The minimum absolute atomic E-state index is 0.0422. The predicted octanol–water partition coefficient (Wildman–Crippen LogP) is 6.66. The van der Waals surface area contributed by atoms with Crippen molar-refractivity contribution in [3.05, 3.63) is 58.2 Å². The lowest BCUT2D eigenvalue weighted by atomic mass is 9.59. The Hall–Kier alpha value is -2.97. The number of phenolic OH excluding ortho intramolecular Hbond substituents is 1. The first-order valence-electron chi connectivity index (χ1n) is 15.1. The van der Waals surface area contributed by atoms with Gasteiger partial charge in [0.15, 0.2) is 0 Å². The number of fused-ring (bicyclic) bond motifs is 1. The normalized spacial score (nSPS) is 27.6. The van der Waals surface area contributed by atoms with Crippen molar-refractivity contribution in [2.24, 2.45) is 29.6 Å². The molecule has 0 aliphatic heterocycles. The van der Waals surface area contributed by atoms with Crippen LogP contribution in [-0.4, -0.2) is 45.0 Å². The van der Waals surface area contributed by atoms with Gasteiger partial charge in [0.2, 0.25) is 0 Å². The van der Waals surface area contributed by atoms with Gasteiger partial charge in [-0.15, -0.1) is 0 Å². The number of unbranched alkanes of at least 4 members (excludes halogenated alkanes) is 2. The van der Waals surface area contributed by atoms with Gasteiger partial charge in [-0.3, -0.25) is 4.79 Å². The third-order valence-electron chi connectivity index (χ3n) is 9.47. The second kappa shape index (κ2) is 13.1. The van der Waals surface area contributed by atoms with Crippen LogP contribution in [0.15, 0.2) is 47.1 Å². The maximum atomic E-state index is 12.7. The third kappa shape index (κ3) is 6.20. The number of benzene rings is 1. The monoisotopic (exact) mass is 596 g/mol. The number of ether oxygens (including phenoxy) is 2. The Morgan fingerprint density at radius 2 is 1.98 bits per heavy atom. The number of aliphatic carboxylic acids is 1. The first kappa shape index (κ1) is 32.0. The van der Waals surface area contributed by atoms with E-state index in [2.05, 4.69) is 26.5 Å². The molecule has 3 aliphatic rings. The Balaban J connectivity index is 1.61. The number of carboxylic acid groups (broad SMARTS) is 1. The highest BCUT2D eigenvalue weighted by Gasteiger charge is 2.61. The van der Waals surface area contributed by atoms with E-state index in [0.717, 1.165) is 49.7 Å². The molecular weight excluding hydrogens is 552 g/mol. The lowest BCUT2D eigenvalue weighted by Crippen LogP contribution is -2.53. The van der Waals surface area contributed by atoms with Crippen LogP contribution in [0.2, 0.25) is 0 Å². The number of thiocarbonyl (C=S) groups is 1. The maximum absolute atomic E-state index is 12.7. The number of aliphatic hydroxyl groups is 1. The number of phenols is 1. The van der Waals surface area contributed by atoms with Crippen LogP contribution in [0.25, 0.3) is 0 Å². The smallest absolute Gasteiger partial charge is 0.358 e. The van der Waals surface area contributed by atoms with Gasteiger partial charge in [0.05, 0.1) is 17.6 Å². The Morgan fingerprint density at radius 3 is 2.60 bits per heavy atom. The summed E-state index contributed by atoms with van der Waals surface area (Å²) in [6, 6.07) is 3.73. The van der Waals surface area contributed by atoms with Gasteiger partial charge in [-0.1, -0.05) is 50.5 Å². The second-order valence-corrected chi connectivity index (χ2v) is 12.7. The molecule has 3 N–H and O–H groups in total. The number of rotatable bonds is 11. The van der Waals surface area contributed by atoms with Crippen LogP contribution in [0.5, 0.6) is 11.5 Å². The zero-order chi connectivity index (χ0) is 30.9. The minimum Gasteiger partial charge on any atom is -0.507 e. The summed E-state index contributed by atoms with van der Waals surface area (Å²) in [7, 11) is 0. The first-order chi connectivity index (χ1) is 19.9. The van der Waals surface area contributed by atoms with Crippen molar-refractivity contribution in [1.82, 2.24) is 0 Å². The van der Waals surface area contributed by atoms with Gasteiger partial charge < -0.3 is 24.8 Å². The molecule has 3 aliphatic carbocycles. The van der Waals surface area contributed by atoms with Crippen LogP contribution < -0.4 is 4.74 Å². The molecule has 4 rings (SSSR count). The number of hydrogen-bond donors (Lipinski definition) is 3. The molecule has 0 spiro atoms. The van der Waals surface area contributed by atoms with Gasteiger partial charge in [0, 0.05) is 29.6 Å². The molecule has 0 amide bonds. The summed E-state index contributed by atoms with van der Waals surface area (Å²) in [6.07, 6.45) is 7.10. The van der Waals surface area contributed by atoms with Crippen molar-refractivity contribution in [3.63, 3.8) is 0 Å². The topological polar surface area (TPSA) is 113 Å². The van der Waals surface area contributed by atoms with Gasteiger partial charge in [0.1, 0.15) is 23.9 Å². The molecule has 0 aromatic heterocycles. The van der Waals surface area contributed by atoms with E-state index in [0.29, 0.717) is 16.9 Å². The van der Waals surface area contributed by atoms with E-state index in [1.54, 1.807) is 6.92 Å². The summed E-state index contributed by atoms with van der Waals surface area (Å²) in [5.74, 6) is -2.73. The van der Waals surface area contributed by atoms with Crippen molar-refractivity contribution in [2.75, 3.05) is 6.61 Å². The Morgan fingerprint density at radius 1 is 1.26 bits per heavy atom. The fourth-order valence-electron chi connectivity index (χ4n) is 7.30. The SMILES string of the molecule is C=C(C)[C@@H]1CCC(C)=C[C@H]1c1c(O)cc(CCCCC)cc1OC(=S)OCC1=C(C(=O)O)C2C(=O)[C@H]([C@@H](C)O)[C@H]2[C@H]1C. The predicted molar refractivity (Wildman–Crippen MR) is 166 cm³/mol. The highest BCUT2D eigenvalue weighted by molar-refractivity contribution is 7.79. The summed E-state index contributed by atoms with van der Waals surface area (Å²) >= 11 is 5.50. The molecule has 42 heavy (non-hydrogen) atoms. The van der Waals surface area contributed by atoms with Crippen LogP contribution in [0.1, 0.15) is 83.8 Å². The first-order valence-corrected chi connectivity index (χ1v) is 15.5. The van der Waals surface area contributed by atoms with Gasteiger partial charge in [0.25, 0.3) is 0 Å². The molecule has 0 bridgehead atoms. The van der Waals surface area contributed by atoms with E-state index >= 15 is 0 Å². The number of aromatic hydroxyl groups is 1. The standard InChI is InChI=1S/C34H44O7S/c1-7-8-9-10-21-14-25(36)29(23-13-18(4)11-12-22(23)17(2)3)26(15-21)41-34(42)40-16-24-19(5)27-28(20(6)35)32(37)31(27)30(24)33(38)39/h13-15,19-20,22-23,27-28,31,35-36H,2,7-12,16H2,1,3-6H3,(H,38,39)/t19-,20+,22-,23+,27+,28+,31?/m0/s1. The Bertz CT molecular complexity index is 1320. The van der Waals surface area contributed by atoms with Gasteiger partial charge >= 0.3 is 11.2 Å². The summed E-state index contributed by atoms with van der Waals surface area (Å²) in [4.78, 5) is 24.9. The molecule has 1 aromatic carbocycles. The summed E-state index contributed by atoms with van der Waals surface area (Å²) in [5, 5.41) is 31.2. The molecule has 1 fully saturated rings. The Kier molecular flexibility index (Phi) is 9.99. The average molecular weight is 597 g/mol. The molecule has 0 saturated heterocycles. The highest BCUT2D eigenvalue weighted by Crippen LogP contribution is 2.55. The molecular formula is C34H44O7S. The van der Waals surface area contributed by atoms with Gasteiger partial charge in [-0.05, 0) is 87.5 Å². The van der Waals surface area contributed by atoms with E-state index in [9.17, 15) is 24.9 Å². The van der Waals surface area contributed by atoms with E-state index < -0.39 is 23.9 Å². The van der Waals surface area contributed by atoms with E-state index in [4.69, 9.17) is 21.7 Å². The zero-order valence-corrected chi connectivity index (χ0v) is 26.1.